The van der Waals surface area contributed by atoms with E-state index < -0.39 is 0 Å². The summed E-state index contributed by atoms with van der Waals surface area (Å²) in [5, 5.41) is 0. The van der Waals surface area contributed by atoms with E-state index >= 15 is 0 Å². The highest BCUT2D eigenvalue weighted by Gasteiger charge is 1.83. The van der Waals surface area contributed by atoms with Crippen molar-refractivity contribution < 1.29 is 9.59 Å². The molecule has 0 N–H and O–H groups in total. The Balaban J connectivity index is 3.55. The monoisotopic (exact) mass is 270 g/mol. The Labute approximate surface area is 122 Å². The molecule has 0 saturated carbocycles. The predicted octanol–water partition coefficient (Wildman–Crippen LogP) is 3.62. The molecule has 0 amide bonds. The molecule has 0 heterocycles. The fourth-order valence-corrected chi connectivity index (χ4v) is 1.33. The molecule has 0 saturated heterocycles. The van der Waals surface area contributed by atoms with Crippen LogP contribution in [0.15, 0.2) is 24.3 Å². The van der Waals surface area contributed by atoms with Crippen molar-refractivity contribution in [1.29, 1.82) is 0 Å². The van der Waals surface area contributed by atoms with Gasteiger partial charge in [0.2, 0.25) is 0 Å². The van der Waals surface area contributed by atoms with Crippen LogP contribution in [-0.2, 0) is 9.59 Å². The number of hydrogen-bond acceptors (Lipinski definition) is 2. The van der Waals surface area contributed by atoms with Crippen molar-refractivity contribution >= 4 is 11.6 Å². The van der Waals surface area contributed by atoms with E-state index in [-0.39, 0.29) is 11.6 Å². The lowest BCUT2D eigenvalue weighted by atomic mass is 10.2. The number of hydrogen-bond donors (Lipinski definition) is 0. The SMILES string of the molecule is CC(=O)/C=C/CCCC#CC#CCCC/C=C/C(C)=O. The minimum atomic E-state index is 0.0834. The van der Waals surface area contributed by atoms with Crippen molar-refractivity contribution in [2.75, 3.05) is 0 Å². The van der Waals surface area contributed by atoms with Crippen LogP contribution in [0.4, 0.5) is 0 Å². The fraction of sp³-hybridized carbons (Fsp3) is 0.444. The zero-order valence-electron chi connectivity index (χ0n) is 12.4. The Morgan fingerprint density at radius 2 is 1.20 bits per heavy atom. The topological polar surface area (TPSA) is 34.1 Å². The Hall–Kier alpha value is -2.06. The van der Waals surface area contributed by atoms with Gasteiger partial charge in [-0.15, -0.1) is 0 Å². The van der Waals surface area contributed by atoms with Gasteiger partial charge in [-0.2, -0.15) is 0 Å². The van der Waals surface area contributed by atoms with Crippen LogP contribution in [0.3, 0.4) is 0 Å². The lowest BCUT2D eigenvalue weighted by Gasteiger charge is -1.86. The molecule has 0 aromatic rings. The van der Waals surface area contributed by atoms with Gasteiger partial charge in [-0.3, -0.25) is 9.59 Å². The van der Waals surface area contributed by atoms with Gasteiger partial charge in [0.25, 0.3) is 0 Å². The largest absolute Gasteiger partial charge is 0.295 e. The summed E-state index contributed by atoms with van der Waals surface area (Å²) in [7, 11) is 0. The zero-order valence-corrected chi connectivity index (χ0v) is 12.4. The molecule has 0 spiro atoms. The molecule has 0 fully saturated rings. The van der Waals surface area contributed by atoms with Crippen LogP contribution in [0.25, 0.3) is 0 Å². The summed E-state index contributed by atoms with van der Waals surface area (Å²) in [5.74, 6) is 11.8. The van der Waals surface area contributed by atoms with Crippen LogP contribution >= 0.6 is 0 Å². The van der Waals surface area contributed by atoms with Gasteiger partial charge in [0.05, 0.1) is 0 Å². The first kappa shape index (κ1) is 17.9. The molecule has 2 nitrogen and oxygen atoms in total. The van der Waals surface area contributed by atoms with Crippen molar-refractivity contribution in [2.45, 2.75) is 52.4 Å². The summed E-state index contributed by atoms with van der Waals surface area (Å²) in [5.41, 5.74) is 0. The van der Waals surface area contributed by atoms with E-state index in [1.54, 1.807) is 26.0 Å². The summed E-state index contributed by atoms with van der Waals surface area (Å²) >= 11 is 0. The lowest BCUT2D eigenvalue weighted by molar-refractivity contribution is -0.113. The lowest BCUT2D eigenvalue weighted by Crippen LogP contribution is -1.79. The maximum atomic E-state index is 10.6. The molecule has 0 aliphatic rings. The number of allylic oxidation sites excluding steroid dienone is 4. The van der Waals surface area contributed by atoms with Crippen LogP contribution in [0.2, 0.25) is 0 Å². The van der Waals surface area contributed by atoms with E-state index in [1.807, 2.05) is 12.2 Å². The number of carbonyl (C=O) groups excluding carboxylic acids is 2. The van der Waals surface area contributed by atoms with Crippen LogP contribution in [-0.4, -0.2) is 11.6 Å². The summed E-state index contributed by atoms with van der Waals surface area (Å²) < 4.78 is 0. The second kappa shape index (κ2) is 13.4. The Bertz CT molecular complexity index is 427. The quantitative estimate of drug-likeness (QED) is 0.383. The van der Waals surface area contributed by atoms with E-state index in [4.69, 9.17) is 0 Å². The van der Waals surface area contributed by atoms with E-state index in [0.29, 0.717) is 0 Å². The third kappa shape index (κ3) is 15.9. The number of ketones is 2. The van der Waals surface area contributed by atoms with Crippen LogP contribution in [0.1, 0.15) is 52.4 Å². The smallest absolute Gasteiger partial charge is 0.152 e. The third-order valence-corrected chi connectivity index (χ3v) is 2.29. The minimum absolute atomic E-state index is 0.0834. The van der Waals surface area contributed by atoms with E-state index in [9.17, 15) is 9.59 Å². The van der Waals surface area contributed by atoms with Gasteiger partial charge < -0.3 is 0 Å². The highest BCUT2D eigenvalue weighted by molar-refractivity contribution is 5.87. The number of unbranched alkanes of at least 4 members (excludes halogenated alkanes) is 4. The normalized spacial score (nSPS) is 9.90. The van der Waals surface area contributed by atoms with Crippen molar-refractivity contribution in [3.05, 3.63) is 24.3 Å². The standard InChI is InChI=1S/C18H22O2/c1-17(19)15-13-11-9-7-5-3-4-6-8-10-12-14-16-18(2)20/h13-16H,7-12H2,1-2H3/b15-13+,16-14+. The van der Waals surface area contributed by atoms with E-state index in [2.05, 4.69) is 23.7 Å². The van der Waals surface area contributed by atoms with Gasteiger partial charge in [-0.25, -0.2) is 0 Å². The molecule has 0 bridgehead atoms. The van der Waals surface area contributed by atoms with Gasteiger partial charge in [-0.05, 0) is 63.5 Å². The summed E-state index contributed by atoms with van der Waals surface area (Å²) in [6.07, 6.45) is 12.2. The molecule has 0 aromatic carbocycles. The molecule has 0 unspecified atom stereocenters. The van der Waals surface area contributed by atoms with E-state index in [0.717, 1.165) is 38.5 Å². The zero-order chi connectivity index (χ0) is 15.1. The van der Waals surface area contributed by atoms with Crippen molar-refractivity contribution in [3.8, 4) is 23.7 Å². The summed E-state index contributed by atoms with van der Waals surface area (Å²) in [4.78, 5) is 21.2. The van der Waals surface area contributed by atoms with Crippen molar-refractivity contribution in [3.63, 3.8) is 0 Å². The molecule has 0 aliphatic heterocycles. The first-order valence-electron chi connectivity index (χ1n) is 6.93. The molecule has 0 aromatic heterocycles. The highest BCUT2D eigenvalue weighted by atomic mass is 16.1. The average molecular weight is 270 g/mol. The molecule has 0 atom stereocenters. The number of rotatable bonds is 8. The molecule has 2 heteroatoms. The molecule has 0 aliphatic carbocycles. The van der Waals surface area contributed by atoms with Gasteiger partial charge in [0.1, 0.15) is 0 Å². The van der Waals surface area contributed by atoms with E-state index in [1.165, 1.54) is 0 Å². The highest BCUT2D eigenvalue weighted by Crippen LogP contribution is 1.96. The van der Waals surface area contributed by atoms with Crippen LogP contribution in [0.5, 0.6) is 0 Å². The van der Waals surface area contributed by atoms with Gasteiger partial charge >= 0.3 is 0 Å². The van der Waals surface area contributed by atoms with Crippen molar-refractivity contribution in [2.24, 2.45) is 0 Å². The summed E-state index contributed by atoms with van der Waals surface area (Å²) in [6.45, 7) is 3.09. The Morgan fingerprint density at radius 3 is 1.55 bits per heavy atom. The second-order valence-electron chi connectivity index (χ2n) is 4.41. The fourth-order valence-electron chi connectivity index (χ4n) is 1.33. The summed E-state index contributed by atoms with van der Waals surface area (Å²) in [6, 6.07) is 0. The average Bonchev–Trinajstić information content (AvgIpc) is 2.38. The van der Waals surface area contributed by atoms with Crippen LogP contribution in [0, 0.1) is 23.7 Å². The predicted molar refractivity (Wildman–Crippen MR) is 82.9 cm³/mol. The second-order valence-corrected chi connectivity index (χ2v) is 4.41. The Morgan fingerprint density at radius 1 is 0.800 bits per heavy atom. The van der Waals surface area contributed by atoms with Gasteiger partial charge in [0.15, 0.2) is 11.6 Å². The molecular formula is C18H22O2. The molecular weight excluding hydrogens is 248 g/mol. The molecule has 20 heavy (non-hydrogen) atoms. The van der Waals surface area contributed by atoms with Crippen molar-refractivity contribution in [1.82, 2.24) is 0 Å². The van der Waals surface area contributed by atoms with Crippen LogP contribution < -0.4 is 0 Å². The molecule has 106 valence electrons. The number of carbonyl (C=O) groups is 2. The van der Waals surface area contributed by atoms with Gasteiger partial charge in [0, 0.05) is 12.8 Å². The first-order chi connectivity index (χ1) is 9.63. The van der Waals surface area contributed by atoms with Gasteiger partial charge in [-0.1, -0.05) is 24.0 Å². The maximum Gasteiger partial charge on any atom is 0.152 e. The minimum Gasteiger partial charge on any atom is -0.295 e. The third-order valence-electron chi connectivity index (χ3n) is 2.29. The molecule has 0 radical (unpaired) electrons. The Kier molecular flexibility index (Phi) is 12.0. The first-order valence-corrected chi connectivity index (χ1v) is 6.93. The molecule has 0 rings (SSSR count). The maximum absolute atomic E-state index is 10.6.